The molecule has 6 nitrogen and oxygen atoms in total. The van der Waals surface area contributed by atoms with Crippen LogP contribution >= 0.6 is 0 Å². The number of hydrogen-bond donors (Lipinski definition) is 0. The van der Waals surface area contributed by atoms with E-state index in [1.165, 1.54) is 0 Å². The molecule has 1 aliphatic heterocycles. The molecule has 0 saturated carbocycles. The van der Waals surface area contributed by atoms with Crippen LogP contribution < -0.4 is 4.74 Å². The number of likely N-dealkylation sites (tertiary alicyclic amines) is 1. The molecule has 0 radical (unpaired) electrons. The number of carbonyl (C=O) groups is 1. The van der Waals surface area contributed by atoms with Crippen LogP contribution in [0.3, 0.4) is 0 Å². The fraction of sp³-hybridized carbons (Fsp3) is 0.706. The highest BCUT2D eigenvalue weighted by Crippen LogP contribution is 2.22. The molecule has 1 aromatic rings. The third-order valence-corrected chi connectivity index (χ3v) is 3.80. The summed E-state index contributed by atoms with van der Waals surface area (Å²) in [6, 6.07) is 2.29. The van der Waals surface area contributed by atoms with Crippen molar-refractivity contribution >= 4 is 6.09 Å². The average molecular weight is 321 g/mol. The van der Waals surface area contributed by atoms with Crippen molar-refractivity contribution in [3.05, 3.63) is 18.0 Å². The number of rotatable bonds is 4. The van der Waals surface area contributed by atoms with Crippen molar-refractivity contribution in [2.75, 3.05) is 19.7 Å². The van der Waals surface area contributed by atoms with Gasteiger partial charge in [0.2, 0.25) is 0 Å². The molecule has 1 aromatic heterocycles. The van der Waals surface area contributed by atoms with Gasteiger partial charge in [-0.2, -0.15) is 0 Å². The molecule has 0 atom stereocenters. The molecule has 1 saturated heterocycles. The van der Waals surface area contributed by atoms with Crippen molar-refractivity contribution in [3.63, 3.8) is 0 Å². The van der Waals surface area contributed by atoms with Crippen molar-refractivity contribution in [1.82, 2.24) is 14.9 Å². The van der Waals surface area contributed by atoms with E-state index in [-0.39, 0.29) is 6.09 Å². The molecule has 0 aromatic carbocycles. The van der Waals surface area contributed by atoms with Crippen LogP contribution in [0.25, 0.3) is 0 Å². The Morgan fingerprint density at radius 2 is 2.04 bits per heavy atom. The summed E-state index contributed by atoms with van der Waals surface area (Å²) in [5, 5.41) is 0. The van der Waals surface area contributed by atoms with Gasteiger partial charge in [-0.25, -0.2) is 14.8 Å². The predicted molar refractivity (Wildman–Crippen MR) is 87.4 cm³/mol. The van der Waals surface area contributed by atoms with Crippen LogP contribution in [0.2, 0.25) is 0 Å². The Morgan fingerprint density at radius 1 is 1.35 bits per heavy atom. The lowest BCUT2D eigenvalue weighted by Gasteiger charge is -2.33. The van der Waals surface area contributed by atoms with Crippen molar-refractivity contribution in [3.8, 4) is 6.01 Å². The molecule has 6 heteroatoms. The Kier molecular flexibility index (Phi) is 5.80. The molecule has 0 unspecified atom stereocenters. The lowest BCUT2D eigenvalue weighted by atomic mass is 9.94. The van der Waals surface area contributed by atoms with Crippen LogP contribution in [-0.2, 0) is 4.74 Å². The zero-order valence-electron chi connectivity index (χ0n) is 14.5. The SMILES string of the molecule is Cc1ccnc(OCCC2CCN(C(=O)OC(C)(C)C)CC2)n1. The smallest absolute Gasteiger partial charge is 0.410 e. The Morgan fingerprint density at radius 3 is 2.65 bits per heavy atom. The quantitative estimate of drug-likeness (QED) is 0.852. The van der Waals surface area contributed by atoms with E-state index in [2.05, 4.69) is 9.97 Å². The van der Waals surface area contributed by atoms with Crippen LogP contribution in [0.5, 0.6) is 6.01 Å². The Hall–Kier alpha value is -1.85. The van der Waals surface area contributed by atoms with Gasteiger partial charge in [-0.05, 0) is 58.9 Å². The standard InChI is InChI=1S/C17H27N3O3/c1-13-5-9-18-15(19-13)22-12-8-14-6-10-20(11-7-14)16(21)23-17(2,3)4/h5,9,14H,6-8,10-12H2,1-4H3. The minimum atomic E-state index is -0.435. The molecule has 0 bridgehead atoms. The largest absolute Gasteiger partial charge is 0.463 e. The lowest BCUT2D eigenvalue weighted by Crippen LogP contribution is -2.41. The number of piperidine rings is 1. The van der Waals surface area contributed by atoms with Gasteiger partial charge in [-0.1, -0.05) is 0 Å². The summed E-state index contributed by atoms with van der Waals surface area (Å²) >= 11 is 0. The maximum absolute atomic E-state index is 12.0. The molecule has 0 spiro atoms. The first-order valence-electron chi connectivity index (χ1n) is 8.24. The Balaban J connectivity index is 1.68. The van der Waals surface area contributed by atoms with Crippen molar-refractivity contribution in [2.24, 2.45) is 5.92 Å². The van der Waals surface area contributed by atoms with Crippen LogP contribution in [0.1, 0.15) is 45.7 Å². The number of aromatic nitrogens is 2. The van der Waals surface area contributed by atoms with Gasteiger partial charge in [0.15, 0.2) is 0 Å². The molecule has 1 fully saturated rings. The zero-order chi connectivity index (χ0) is 16.9. The van der Waals surface area contributed by atoms with Gasteiger partial charge in [0.1, 0.15) is 5.60 Å². The van der Waals surface area contributed by atoms with E-state index in [1.54, 1.807) is 11.1 Å². The van der Waals surface area contributed by atoms with E-state index >= 15 is 0 Å². The third-order valence-electron chi connectivity index (χ3n) is 3.80. The summed E-state index contributed by atoms with van der Waals surface area (Å²) < 4.78 is 11.0. The van der Waals surface area contributed by atoms with Crippen LogP contribution in [-0.4, -0.2) is 46.3 Å². The van der Waals surface area contributed by atoms with Crippen molar-refractivity contribution in [2.45, 2.75) is 52.6 Å². The highest BCUT2D eigenvalue weighted by molar-refractivity contribution is 5.68. The molecule has 1 amide bonds. The number of carbonyl (C=O) groups excluding carboxylic acids is 1. The van der Waals surface area contributed by atoms with Gasteiger partial charge < -0.3 is 14.4 Å². The van der Waals surface area contributed by atoms with E-state index in [4.69, 9.17) is 9.47 Å². The first kappa shape index (κ1) is 17.5. The number of aryl methyl sites for hydroxylation is 1. The second kappa shape index (κ2) is 7.62. The van der Waals surface area contributed by atoms with Gasteiger partial charge in [0.05, 0.1) is 6.61 Å². The minimum Gasteiger partial charge on any atom is -0.463 e. The van der Waals surface area contributed by atoms with Gasteiger partial charge >= 0.3 is 12.1 Å². The summed E-state index contributed by atoms with van der Waals surface area (Å²) in [7, 11) is 0. The van der Waals surface area contributed by atoms with E-state index in [9.17, 15) is 4.79 Å². The predicted octanol–water partition coefficient (Wildman–Crippen LogP) is 3.20. The second-order valence-electron chi connectivity index (χ2n) is 7.03. The maximum atomic E-state index is 12.0. The fourth-order valence-corrected chi connectivity index (χ4v) is 2.54. The first-order chi connectivity index (χ1) is 10.8. The normalized spacial score (nSPS) is 16.3. The number of nitrogens with zero attached hydrogens (tertiary/aromatic N) is 3. The maximum Gasteiger partial charge on any atom is 0.410 e. The van der Waals surface area contributed by atoms with E-state index in [0.717, 1.165) is 38.0 Å². The number of amides is 1. The minimum absolute atomic E-state index is 0.208. The average Bonchev–Trinajstić information content (AvgIpc) is 2.46. The van der Waals surface area contributed by atoms with Crippen LogP contribution in [0, 0.1) is 12.8 Å². The highest BCUT2D eigenvalue weighted by Gasteiger charge is 2.26. The molecular weight excluding hydrogens is 294 g/mol. The number of hydrogen-bond acceptors (Lipinski definition) is 5. The van der Waals surface area contributed by atoms with E-state index < -0.39 is 5.60 Å². The Labute approximate surface area is 138 Å². The van der Waals surface area contributed by atoms with Crippen molar-refractivity contribution in [1.29, 1.82) is 0 Å². The highest BCUT2D eigenvalue weighted by atomic mass is 16.6. The molecule has 1 aliphatic rings. The monoisotopic (exact) mass is 321 g/mol. The molecule has 0 aliphatic carbocycles. The van der Waals surface area contributed by atoms with E-state index in [0.29, 0.717) is 18.5 Å². The van der Waals surface area contributed by atoms with E-state index in [1.807, 2.05) is 33.8 Å². The first-order valence-corrected chi connectivity index (χ1v) is 8.24. The summed E-state index contributed by atoms with van der Waals surface area (Å²) in [5.74, 6) is 0.568. The molecule has 23 heavy (non-hydrogen) atoms. The summed E-state index contributed by atoms with van der Waals surface area (Å²) in [6.45, 7) is 9.70. The fourth-order valence-electron chi connectivity index (χ4n) is 2.54. The lowest BCUT2D eigenvalue weighted by molar-refractivity contribution is 0.0177. The van der Waals surface area contributed by atoms with Crippen molar-refractivity contribution < 1.29 is 14.3 Å². The Bertz CT molecular complexity index is 520. The van der Waals surface area contributed by atoms with Gasteiger partial charge in [-0.3, -0.25) is 0 Å². The topological polar surface area (TPSA) is 64.5 Å². The van der Waals surface area contributed by atoms with Gasteiger partial charge in [0, 0.05) is 25.0 Å². The third kappa shape index (κ3) is 6.04. The van der Waals surface area contributed by atoms with Crippen LogP contribution in [0.15, 0.2) is 12.3 Å². The molecule has 2 heterocycles. The summed E-state index contributed by atoms with van der Waals surface area (Å²) in [5.41, 5.74) is 0.468. The molecule has 0 N–H and O–H groups in total. The van der Waals surface area contributed by atoms with Crippen LogP contribution in [0.4, 0.5) is 4.79 Å². The molecule has 2 rings (SSSR count). The summed E-state index contributed by atoms with van der Waals surface area (Å²) in [4.78, 5) is 22.1. The van der Waals surface area contributed by atoms with Gasteiger partial charge in [-0.15, -0.1) is 0 Å². The zero-order valence-corrected chi connectivity index (χ0v) is 14.5. The second-order valence-corrected chi connectivity index (χ2v) is 7.03. The summed E-state index contributed by atoms with van der Waals surface area (Å²) in [6.07, 6.45) is 4.42. The molecular formula is C17H27N3O3. The molecule has 128 valence electrons. The number of ether oxygens (including phenoxy) is 2. The van der Waals surface area contributed by atoms with Gasteiger partial charge in [0.25, 0.3) is 0 Å².